The predicted octanol–water partition coefficient (Wildman–Crippen LogP) is 2.69. The zero-order valence-electron chi connectivity index (χ0n) is 14.5. The van der Waals surface area contributed by atoms with Crippen LogP contribution in [0.3, 0.4) is 0 Å². The first kappa shape index (κ1) is 18.4. The van der Waals surface area contributed by atoms with E-state index in [-0.39, 0.29) is 12.1 Å². The van der Waals surface area contributed by atoms with Crippen molar-refractivity contribution in [1.29, 1.82) is 0 Å². The zero-order valence-corrected chi connectivity index (χ0v) is 14.5. The molecule has 0 aliphatic heterocycles. The van der Waals surface area contributed by atoms with Crippen molar-refractivity contribution >= 4 is 6.09 Å². The van der Waals surface area contributed by atoms with E-state index < -0.39 is 5.60 Å². The van der Waals surface area contributed by atoms with Crippen LogP contribution in [-0.4, -0.2) is 46.2 Å². The molecular weight excluding hydrogens is 280 g/mol. The Morgan fingerprint density at radius 2 is 2.00 bits per heavy atom. The Kier molecular flexibility index (Phi) is 6.74. The van der Waals surface area contributed by atoms with Gasteiger partial charge in [0.25, 0.3) is 0 Å². The third-order valence-corrected chi connectivity index (χ3v) is 3.19. The van der Waals surface area contributed by atoms with Gasteiger partial charge in [0.05, 0.1) is 11.4 Å². The molecule has 0 bridgehead atoms. The van der Waals surface area contributed by atoms with Gasteiger partial charge in [-0.1, -0.05) is 0 Å². The van der Waals surface area contributed by atoms with Gasteiger partial charge in [0.1, 0.15) is 5.60 Å². The molecule has 0 saturated carbocycles. The zero-order chi connectivity index (χ0) is 16.8. The Labute approximate surface area is 133 Å². The maximum absolute atomic E-state index is 12.0. The lowest BCUT2D eigenvalue weighted by Gasteiger charge is -2.27. The van der Waals surface area contributed by atoms with E-state index in [9.17, 15) is 4.79 Å². The van der Waals surface area contributed by atoms with Crippen LogP contribution in [0.25, 0.3) is 0 Å². The average Bonchev–Trinajstić information content (AvgIpc) is 2.41. The summed E-state index contributed by atoms with van der Waals surface area (Å²) in [4.78, 5) is 22.3. The van der Waals surface area contributed by atoms with E-state index in [2.05, 4.69) is 15.3 Å². The van der Waals surface area contributed by atoms with Gasteiger partial charge < -0.3 is 15.0 Å². The number of ether oxygens (including phenoxy) is 1. The molecule has 0 aliphatic carbocycles. The first-order valence-corrected chi connectivity index (χ1v) is 7.73. The average molecular weight is 308 g/mol. The molecule has 1 rings (SSSR count). The highest BCUT2D eigenvalue weighted by molar-refractivity contribution is 5.68. The molecule has 6 nitrogen and oxygen atoms in total. The fraction of sp³-hybridized carbons (Fsp3) is 0.688. The lowest BCUT2D eigenvalue weighted by Crippen LogP contribution is -2.40. The SMILES string of the molecule is CCN(CCNC(C)c1nccnc1C)C(=O)OC(C)(C)C. The number of likely N-dealkylation sites (N-methyl/N-ethyl adjacent to an activating group) is 1. The minimum atomic E-state index is -0.470. The number of nitrogens with one attached hydrogen (secondary N) is 1. The lowest BCUT2D eigenvalue weighted by atomic mass is 10.2. The number of aromatic nitrogens is 2. The van der Waals surface area contributed by atoms with Crippen molar-refractivity contribution < 1.29 is 9.53 Å². The van der Waals surface area contributed by atoms with Crippen molar-refractivity contribution in [2.75, 3.05) is 19.6 Å². The Bertz CT molecular complexity index is 485. The normalized spacial score (nSPS) is 12.8. The van der Waals surface area contributed by atoms with E-state index in [1.807, 2.05) is 41.5 Å². The van der Waals surface area contributed by atoms with E-state index in [0.29, 0.717) is 19.6 Å². The predicted molar refractivity (Wildman–Crippen MR) is 86.7 cm³/mol. The van der Waals surface area contributed by atoms with Crippen LogP contribution in [0.2, 0.25) is 0 Å². The minimum Gasteiger partial charge on any atom is -0.444 e. The molecule has 1 N–H and O–H groups in total. The van der Waals surface area contributed by atoms with Crippen molar-refractivity contribution in [3.8, 4) is 0 Å². The van der Waals surface area contributed by atoms with Gasteiger partial charge in [0, 0.05) is 38.1 Å². The number of hydrogen-bond acceptors (Lipinski definition) is 5. The monoisotopic (exact) mass is 308 g/mol. The van der Waals surface area contributed by atoms with Crippen molar-refractivity contribution in [3.63, 3.8) is 0 Å². The Morgan fingerprint density at radius 1 is 1.36 bits per heavy atom. The molecule has 0 aromatic carbocycles. The van der Waals surface area contributed by atoms with Gasteiger partial charge in [-0.3, -0.25) is 9.97 Å². The third kappa shape index (κ3) is 5.97. The molecule has 124 valence electrons. The smallest absolute Gasteiger partial charge is 0.410 e. The van der Waals surface area contributed by atoms with E-state index in [1.54, 1.807) is 17.3 Å². The van der Waals surface area contributed by atoms with Crippen LogP contribution in [-0.2, 0) is 4.74 Å². The molecule has 0 saturated heterocycles. The Hall–Kier alpha value is -1.69. The summed E-state index contributed by atoms with van der Waals surface area (Å²) in [5.74, 6) is 0. The van der Waals surface area contributed by atoms with Gasteiger partial charge >= 0.3 is 6.09 Å². The molecule has 1 aromatic heterocycles. The number of carbonyl (C=O) groups is 1. The second-order valence-corrected chi connectivity index (χ2v) is 6.26. The number of rotatable bonds is 6. The van der Waals surface area contributed by atoms with E-state index in [1.165, 1.54) is 0 Å². The van der Waals surface area contributed by atoms with Crippen molar-refractivity contribution in [2.45, 2.75) is 53.2 Å². The summed E-state index contributed by atoms with van der Waals surface area (Å²) < 4.78 is 5.39. The Balaban J connectivity index is 2.47. The van der Waals surface area contributed by atoms with Crippen molar-refractivity contribution in [1.82, 2.24) is 20.2 Å². The highest BCUT2D eigenvalue weighted by atomic mass is 16.6. The summed E-state index contributed by atoms with van der Waals surface area (Å²) in [5.41, 5.74) is 1.38. The summed E-state index contributed by atoms with van der Waals surface area (Å²) in [7, 11) is 0. The highest BCUT2D eigenvalue weighted by Crippen LogP contribution is 2.12. The molecule has 1 aromatic rings. The van der Waals surface area contributed by atoms with Gasteiger partial charge in [-0.2, -0.15) is 0 Å². The fourth-order valence-electron chi connectivity index (χ4n) is 2.06. The second kappa shape index (κ2) is 8.08. The van der Waals surface area contributed by atoms with Crippen molar-refractivity contribution in [3.05, 3.63) is 23.8 Å². The molecular formula is C16H28N4O2. The van der Waals surface area contributed by atoms with Crippen LogP contribution in [0.15, 0.2) is 12.4 Å². The molecule has 0 aliphatic rings. The van der Waals surface area contributed by atoms with Gasteiger partial charge in [-0.25, -0.2) is 4.79 Å². The van der Waals surface area contributed by atoms with E-state index in [4.69, 9.17) is 4.74 Å². The fourth-order valence-corrected chi connectivity index (χ4v) is 2.06. The molecule has 0 radical (unpaired) electrons. The van der Waals surface area contributed by atoms with Crippen LogP contribution in [0.5, 0.6) is 0 Å². The van der Waals surface area contributed by atoms with Gasteiger partial charge in [-0.15, -0.1) is 0 Å². The maximum atomic E-state index is 12.0. The van der Waals surface area contributed by atoms with Crippen LogP contribution in [0.1, 0.15) is 52.0 Å². The van der Waals surface area contributed by atoms with Crippen molar-refractivity contribution in [2.24, 2.45) is 0 Å². The number of hydrogen-bond donors (Lipinski definition) is 1. The summed E-state index contributed by atoms with van der Waals surface area (Å²) in [5, 5.41) is 3.37. The van der Waals surface area contributed by atoms with Gasteiger partial charge in [0.15, 0.2) is 0 Å². The molecule has 22 heavy (non-hydrogen) atoms. The van der Waals surface area contributed by atoms with Crippen LogP contribution < -0.4 is 5.32 Å². The summed E-state index contributed by atoms with van der Waals surface area (Å²) >= 11 is 0. The summed E-state index contributed by atoms with van der Waals surface area (Å²) in [6.07, 6.45) is 3.10. The molecule has 1 heterocycles. The molecule has 1 amide bonds. The maximum Gasteiger partial charge on any atom is 0.410 e. The number of nitrogens with zero attached hydrogens (tertiary/aromatic N) is 3. The number of aryl methyl sites for hydroxylation is 1. The molecule has 0 spiro atoms. The largest absolute Gasteiger partial charge is 0.444 e. The Morgan fingerprint density at radius 3 is 2.55 bits per heavy atom. The van der Waals surface area contributed by atoms with Crippen LogP contribution in [0, 0.1) is 6.92 Å². The van der Waals surface area contributed by atoms with Gasteiger partial charge in [0.2, 0.25) is 0 Å². The molecule has 1 unspecified atom stereocenters. The van der Waals surface area contributed by atoms with Crippen LogP contribution >= 0.6 is 0 Å². The lowest BCUT2D eigenvalue weighted by molar-refractivity contribution is 0.0261. The third-order valence-electron chi connectivity index (χ3n) is 3.19. The molecule has 1 atom stereocenters. The second-order valence-electron chi connectivity index (χ2n) is 6.26. The van der Waals surface area contributed by atoms with Gasteiger partial charge in [-0.05, 0) is 41.5 Å². The number of amides is 1. The van der Waals surface area contributed by atoms with E-state index in [0.717, 1.165) is 11.4 Å². The van der Waals surface area contributed by atoms with E-state index >= 15 is 0 Å². The number of carbonyl (C=O) groups excluding carboxylic acids is 1. The summed E-state index contributed by atoms with van der Waals surface area (Å²) in [6, 6.07) is 0.0889. The topological polar surface area (TPSA) is 67.3 Å². The molecule has 6 heteroatoms. The summed E-state index contributed by atoms with van der Waals surface area (Å²) in [6.45, 7) is 13.4. The highest BCUT2D eigenvalue weighted by Gasteiger charge is 2.21. The molecule has 0 fully saturated rings. The first-order chi connectivity index (χ1) is 10.2. The first-order valence-electron chi connectivity index (χ1n) is 7.73. The quantitative estimate of drug-likeness (QED) is 0.875. The standard InChI is InChI=1S/C16H28N4O2/c1-7-20(15(21)22-16(4,5)6)11-10-18-13(3)14-12(2)17-8-9-19-14/h8-9,13,18H,7,10-11H2,1-6H3. The minimum absolute atomic E-state index is 0.0889. The van der Waals surface area contributed by atoms with Crippen LogP contribution in [0.4, 0.5) is 4.79 Å².